The number of anilines is 1. The predicted molar refractivity (Wildman–Crippen MR) is 125 cm³/mol. The molecule has 0 spiro atoms. The van der Waals surface area contributed by atoms with Crippen molar-refractivity contribution < 1.29 is 21.6 Å². The fourth-order valence-electron chi connectivity index (χ4n) is 3.92. The summed E-state index contributed by atoms with van der Waals surface area (Å²) in [6.45, 7) is 0. The first-order valence-corrected chi connectivity index (χ1v) is 14.2. The summed E-state index contributed by atoms with van der Waals surface area (Å²) in [4.78, 5) is 21.2. The second-order valence-electron chi connectivity index (χ2n) is 8.42. The van der Waals surface area contributed by atoms with Gasteiger partial charge >= 0.3 is 0 Å². The molecule has 3 rings (SSSR count). The Bertz CT molecular complexity index is 1230. The molecule has 1 atom stereocenters. The largest absolute Gasteiger partial charge is 0.309 e. The minimum Gasteiger partial charge on any atom is -0.309 e. The van der Waals surface area contributed by atoms with E-state index in [1.54, 1.807) is 6.07 Å². The van der Waals surface area contributed by atoms with Crippen LogP contribution in [0.25, 0.3) is 0 Å². The van der Waals surface area contributed by atoms with Gasteiger partial charge in [0.1, 0.15) is 0 Å². The van der Waals surface area contributed by atoms with Gasteiger partial charge in [-0.2, -0.15) is 0 Å². The van der Waals surface area contributed by atoms with Crippen molar-refractivity contribution in [3.63, 3.8) is 0 Å². The molecule has 1 saturated carbocycles. The molecule has 1 amide bonds. The summed E-state index contributed by atoms with van der Waals surface area (Å²) in [6.07, 6.45) is 8.22. The molecule has 1 aromatic carbocycles. The van der Waals surface area contributed by atoms with Crippen LogP contribution in [0.1, 0.15) is 43.6 Å². The number of aromatic nitrogens is 2. The van der Waals surface area contributed by atoms with Gasteiger partial charge in [-0.25, -0.2) is 31.1 Å². The average molecular weight is 515 g/mol. The maximum absolute atomic E-state index is 13.2. The third-order valence-electron chi connectivity index (χ3n) is 5.74. The van der Waals surface area contributed by atoms with Gasteiger partial charge in [-0.3, -0.25) is 4.79 Å². The number of halogens is 1. The number of hydrogen-bond acceptors (Lipinski definition) is 7. The van der Waals surface area contributed by atoms with Gasteiger partial charge in [-0.1, -0.05) is 43.4 Å². The number of hydrogen-bond donors (Lipinski definition) is 1. The van der Waals surface area contributed by atoms with Crippen molar-refractivity contribution in [3.05, 3.63) is 41.2 Å². The van der Waals surface area contributed by atoms with E-state index in [-0.39, 0.29) is 26.7 Å². The molecule has 1 aromatic heterocycles. The topological polar surface area (TPSA) is 126 Å². The van der Waals surface area contributed by atoms with Crippen molar-refractivity contribution in [1.29, 1.82) is 0 Å². The van der Waals surface area contributed by atoms with Gasteiger partial charge in [0, 0.05) is 20.4 Å². The molecule has 0 bridgehead atoms. The number of carbonyl (C=O) groups is 1. The van der Waals surface area contributed by atoms with Crippen molar-refractivity contribution in [2.75, 3.05) is 25.7 Å². The van der Waals surface area contributed by atoms with Gasteiger partial charge in [-0.15, -0.1) is 0 Å². The molecule has 12 heteroatoms. The highest BCUT2D eigenvalue weighted by atomic mass is 35.5. The molecule has 1 aliphatic rings. The molecular weight excluding hydrogens is 488 g/mol. The van der Waals surface area contributed by atoms with E-state index in [2.05, 4.69) is 15.3 Å². The molecule has 9 nitrogen and oxygen atoms in total. The highest BCUT2D eigenvalue weighted by Crippen LogP contribution is 2.36. The zero-order valence-electron chi connectivity index (χ0n) is 18.7. The Hall–Kier alpha value is -2.08. The van der Waals surface area contributed by atoms with Crippen molar-refractivity contribution in [3.8, 4) is 0 Å². The van der Waals surface area contributed by atoms with Gasteiger partial charge < -0.3 is 5.32 Å². The van der Waals surface area contributed by atoms with Crippen molar-refractivity contribution in [2.45, 2.75) is 47.9 Å². The molecule has 2 aromatic rings. The first kappa shape index (κ1) is 25.5. The second-order valence-corrected chi connectivity index (χ2v) is 12.9. The van der Waals surface area contributed by atoms with E-state index in [1.165, 1.54) is 32.4 Å². The van der Waals surface area contributed by atoms with E-state index in [9.17, 15) is 21.6 Å². The van der Waals surface area contributed by atoms with Crippen LogP contribution in [0, 0.1) is 5.92 Å². The Labute approximate surface area is 199 Å². The fraction of sp³-hybridized carbons (Fsp3) is 0.476. The maximum atomic E-state index is 13.2. The number of sulfone groups is 1. The van der Waals surface area contributed by atoms with Gasteiger partial charge in [0.15, 0.2) is 20.7 Å². The van der Waals surface area contributed by atoms with Crippen LogP contribution in [0.5, 0.6) is 0 Å². The summed E-state index contributed by atoms with van der Waals surface area (Å²) < 4.78 is 49.2. The first-order chi connectivity index (χ1) is 15.4. The fourth-order valence-corrected chi connectivity index (χ4v) is 6.01. The normalized spacial score (nSPS) is 16.2. The number of carbonyl (C=O) groups excluding carboxylic acids is 1. The predicted octanol–water partition coefficient (Wildman–Crippen LogP) is 3.09. The van der Waals surface area contributed by atoms with Crippen LogP contribution in [0.3, 0.4) is 0 Å². The number of nitrogens with one attached hydrogen (secondary N) is 1. The molecule has 0 saturated heterocycles. The van der Waals surface area contributed by atoms with E-state index < -0.39 is 25.8 Å². The van der Waals surface area contributed by atoms with Crippen molar-refractivity contribution >= 4 is 43.2 Å². The van der Waals surface area contributed by atoms with Crippen LogP contribution in [-0.4, -0.2) is 57.4 Å². The standard InChI is InChI=1S/C21H27ClN4O5S2/c1-26(2)33(30,31)20-13-23-19(12-24-20)25-21(27)16(10-14-6-4-5-7-14)15-8-9-18(17(22)11-15)32(3,28)29/h8-9,11-14,16H,4-7,10H2,1-3H3,(H,23,25,27). The van der Waals surface area contributed by atoms with E-state index in [1.807, 2.05) is 0 Å². The van der Waals surface area contributed by atoms with E-state index in [4.69, 9.17) is 11.6 Å². The summed E-state index contributed by atoms with van der Waals surface area (Å²) in [5.74, 6) is -0.436. The molecule has 1 unspecified atom stereocenters. The Morgan fingerprint density at radius 2 is 1.82 bits per heavy atom. The zero-order chi connectivity index (χ0) is 24.4. The molecule has 180 valence electrons. The molecule has 33 heavy (non-hydrogen) atoms. The van der Waals surface area contributed by atoms with Gasteiger partial charge in [0.25, 0.3) is 10.0 Å². The molecular formula is C21H27ClN4O5S2. The molecule has 0 radical (unpaired) electrons. The molecule has 1 fully saturated rings. The lowest BCUT2D eigenvalue weighted by atomic mass is 9.87. The number of sulfonamides is 1. The van der Waals surface area contributed by atoms with Gasteiger partial charge in [-0.05, 0) is 30.0 Å². The minimum absolute atomic E-state index is 0.0106. The lowest BCUT2D eigenvalue weighted by Crippen LogP contribution is -2.25. The molecule has 1 N–H and O–H groups in total. The summed E-state index contributed by atoms with van der Waals surface area (Å²) in [6, 6.07) is 4.55. The SMILES string of the molecule is CN(C)S(=O)(=O)c1cnc(NC(=O)C(CC2CCCC2)c2ccc(S(C)(=O)=O)c(Cl)c2)cn1. The van der Waals surface area contributed by atoms with E-state index >= 15 is 0 Å². The zero-order valence-corrected chi connectivity index (χ0v) is 21.0. The lowest BCUT2D eigenvalue weighted by Gasteiger charge is -2.21. The third-order valence-corrected chi connectivity index (χ3v) is 9.02. The lowest BCUT2D eigenvalue weighted by molar-refractivity contribution is -0.118. The molecule has 1 heterocycles. The van der Waals surface area contributed by atoms with Crippen molar-refractivity contribution in [1.82, 2.24) is 14.3 Å². The maximum Gasteiger partial charge on any atom is 0.261 e. The summed E-state index contributed by atoms with van der Waals surface area (Å²) in [7, 11) is -4.45. The van der Waals surface area contributed by atoms with Crippen molar-refractivity contribution in [2.24, 2.45) is 5.92 Å². The van der Waals surface area contributed by atoms with Crippen LogP contribution in [0.4, 0.5) is 5.82 Å². The summed E-state index contributed by atoms with van der Waals surface area (Å²) >= 11 is 6.23. The van der Waals surface area contributed by atoms with E-state index in [0.29, 0.717) is 17.9 Å². The number of nitrogens with zero attached hydrogens (tertiary/aromatic N) is 3. The summed E-state index contributed by atoms with van der Waals surface area (Å²) in [5, 5.41) is 2.55. The Kier molecular flexibility index (Phi) is 7.77. The second kappa shape index (κ2) is 10.0. The molecule has 1 aliphatic carbocycles. The van der Waals surface area contributed by atoms with Crippen LogP contribution < -0.4 is 5.32 Å². The van der Waals surface area contributed by atoms with Crippen LogP contribution in [0.2, 0.25) is 5.02 Å². The third kappa shape index (κ3) is 6.08. The van der Waals surface area contributed by atoms with Gasteiger partial charge in [0.2, 0.25) is 5.91 Å². The number of amides is 1. The smallest absolute Gasteiger partial charge is 0.261 e. The Morgan fingerprint density at radius 1 is 1.15 bits per heavy atom. The monoisotopic (exact) mass is 514 g/mol. The Balaban J connectivity index is 1.87. The highest BCUT2D eigenvalue weighted by molar-refractivity contribution is 7.90. The molecule has 0 aliphatic heterocycles. The number of rotatable bonds is 8. The van der Waals surface area contributed by atoms with Crippen LogP contribution >= 0.6 is 11.6 Å². The first-order valence-electron chi connectivity index (χ1n) is 10.4. The average Bonchev–Trinajstić information content (AvgIpc) is 3.24. The minimum atomic E-state index is -3.73. The van der Waals surface area contributed by atoms with Gasteiger partial charge in [0.05, 0.1) is 28.2 Å². The Morgan fingerprint density at radius 3 is 2.33 bits per heavy atom. The van der Waals surface area contributed by atoms with Crippen LogP contribution in [0.15, 0.2) is 40.5 Å². The van der Waals surface area contributed by atoms with E-state index in [0.717, 1.165) is 42.4 Å². The van der Waals surface area contributed by atoms with Crippen LogP contribution in [-0.2, 0) is 24.7 Å². The highest BCUT2D eigenvalue weighted by Gasteiger charge is 2.28. The summed E-state index contributed by atoms with van der Waals surface area (Å²) in [5.41, 5.74) is 0.608. The quantitative estimate of drug-likeness (QED) is 0.573. The number of benzene rings is 1.